The van der Waals surface area contributed by atoms with Crippen molar-refractivity contribution in [2.24, 2.45) is 11.1 Å². The Balaban J connectivity index is 1.98. The quantitative estimate of drug-likeness (QED) is 0.927. The summed E-state index contributed by atoms with van der Waals surface area (Å²) in [4.78, 5) is 13.6. The number of para-hydroxylation sites is 1. The van der Waals surface area contributed by atoms with Gasteiger partial charge in [0.25, 0.3) is 5.91 Å². The van der Waals surface area contributed by atoms with Gasteiger partial charge in [-0.05, 0) is 30.5 Å². The maximum atomic E-state index is 12.8. The zero-order valence-electron chi connectivity index (χ0n) is 12.3. The van der Waals surface area contributed by atoms with E-state index >= 15 is 0 Å². The third-order valence-electron chi connectivity index (χ3n) is 3.95. The van der Waals surface area contributed by atoms with E-state index in [2.05, 4.69) is 0 Å². The highest BCUT2D eigenvalue weighted by atomic mass is 19.4. The maximum absolute atomic E-state index is 12.8. The molecule has 0 aliphatic carbocycles. The summed E-state index contributed by atoms with van der Waals surface area (Å²) < 4.78 is 43.6. The molecule has 2 N–H and O–H groups in total. The van der Waals surface area contributed by atoms with Crippen LogP contribution in [0.15, 0.2) is 24.3 Å². The van der Waals surface area contributed by atoms with Gasteiger partial charge in [0.2, 0.25) is 0 Å². The Kier molecular flexibility index (Phi) is 4.65. The van der Waals surface area contributed by atoms with E-state index < -0.39 is 18.3 Å². The molecular formula is C15H19F3N2O2. The fourth-order valence-corrected chi connectivity index (χ4v) is 2.46. The molecule has 4 nitrogen and oxygen atoms in total. The Morgan fingerprint density at radius 2 is 2.09 bits per heavy atom. The van der Waals surface area contributed by atoms with Gasteiger partial charge < -0.3 is 15.4 Å². The molecule has 1 amide bonds. The van der Waals surface area contributed by atoms with E-state index in [-0.39, 0.29) is 17.1 Å². The molecule has 1 aromatic rings. The van der Waals surface area contributed by atoms with E-state index in [0.717, 1.165) is 12.5 Å². The number of likely N-dealkylation sites (tertiary alicyclic amines) is 1. The smallest absolute Gasteiger partial charge is 0.419 e. The van der Waals surface area contributed by atoms with Crippen LogP contribution in [0.5, 0.6) is 5.75 Å². The molecule has 0 spiro atoms. The summed E-state index contributed by atoms with van der Waals surface area (Å²) >= 11 is 0. The summed E-state index contributed by atoms with van der Waals surface area (Å²) in [6, 6.07) is 4.87. The third kappa shape index (κ3) is 3.71. The average Bonchev–Trinajstić information content (AvgIpc) is 2.87. The van der Waals surface area contributed by atoms with Crippen molar-refractivity contribution in [2.75, 3.05) is 26.2 Å². The number of hydrogen-bond acceptors (Lipinski definition) is 3. The van der Waals surface area contributed by atoms with Crippen molar-refractivity contribution < 1.29 is 22.7 Å². The van der Waals surface area contributed by atoms with Gasteiger partial charge in [0.05, 0.1) is 5.56 Å². The summed E-state index contributed by atoms with van der Waals surface area (Å²) in [5.74, 6) is -0.654. The first-order chi connectivity index (χ1) is 10.2. The second-order valence-corrected chi connectivity index (χ2v) is 5.86. The number of rotatable bonds is 4. The first-order valence-corrected chi connectivity index (χ1v) is 7.02. The maximum Gasteiger partial charge on any atom is 0.419 e. The summed E-state index contributed by atoms with van der Waals surface area (Å²) in [5, 5.41) is 0. The number of halogens is 3. The van der Waals surface area contributed by atoms with Crippen molar-refractivity contribution in [3.63, 3.8) is 0 Å². The van der Waals surface area contributed by atoms with Crippen molar-refractivity contribution in [3.8, 4) is 5.75 Å². The third-order valence-corrected chi connectivity index (χ3v) is 3.95. The predicted molar refractivity (Wildman–Crippen MR) is 75.3 cm³/mol. The van der Waals surface area contributed by atoms with E-state index in [0.29, 0.717) is 19.6 Å². The van der Waals surface area contributed by atoms with Gasteiger partial charge in [-0.25, -0.2) is 0 Å². The molecule has 1 unspecified atom stereocenters. The van der Waals surface area contributed by atoms with Crippen LogP contribution in [0.4, 0.5) is 13.2 Å². The van der Waals surface area contributed by atoms with Crippen LogP contribution in [0.3, 0.4) is 0 Å². The molecule has 122 valence electrons. The van der Waals surface area contributed by atoms with E-state index in [1.165, 1.54) is 18.2 Å². The van der Waals surface area contributed by atoms with Crippen LogP contribution in [0.2, 0.25) is 0 Å². The topological polar surface area (TPSA) is 55.6 Å². The van der Waals surface area contributed by atoms with Gasteiger partial charge in [-0.3, -0.25) is 4.79 Å². The van der Waals surface area contributed by atoms with Crippen LogP contribution in [-0.2, 0) is 11.0 Å². The summed E-state index contributed by atoms with van der Waals surface area (Å²) in [6.45, 7) is 3.10. The molecule has 0 aromatic heterocycles. The largest absolute Gasteiger partial charge is 0.483 e. The van der Waals surface area contributed by atoms with Crippen LogP contribution < -0.4 is 10.5 Å². The van der Waals surface area contributed by atoms with Gasteiger partial charge in [0.15, 0.2) is 6.61 Å². The lowest BCUT2D eigenvalue weighted by molar-refractivity contribution is -0.140. The first-order valence-electron chi connectivity index (χ1n) is 7.02. The molecule has 7 heteroatoms. The van der Waals surface area contributed by atoms with Crippen LogP contribution in [-0.4, -0.2) is 37.0 Å². The monoisotopic (exact) mass is 316 g/mol. The van der Waals surface area contributed by atoms with Crippen molar-refractivity contribution in [3.05, 3.63) is 29.8 Å². The van der Waals surface area contributed by atoms with Gasteiger partial charge >= 0.3 is 6.18 Å². The van der Waals surface area contributed by atoms with Gasteiger partial charge in [-0.2, -0.15) is 13.2 Å². The number of carbonyl (C=O) groups is 1. The predicted octanol–water partition coefficient (Wildman–Crippen LogP) is 2.28. The molecule has 1 heterocycles. The lowest BCUT2D eigenvalue weighted by Crippen LogP contribution is -2.37. The second-order valence-electron chi connectivity index (χ2n) is 5.86. The van der Waals surface area contributed by atoms with Crippen molar-refractivity contribution in [1.82, 2.24) is 4.90 Å². The minimum atomic E-state index is -4.51. The van der Waals surface area contributed by atoms with Crippen LogP contribution in [0.25, 0.3) is 0 Å². The molecule has 0 bridgehead atoms. The minimum Gasteiger partial charge on any atom is -0.483 e. The molecule has 1 aliphatic heterocycles. The van der Waals surface area contributed by atoms with Crippen molar-refractivity contribution >= 4 is 5.91 Å². The van der Waals surface area contributed by atoms with E-state index in [1.54, 1.807) is 4.90 Å². The number of nitrogens with zero attached hydrogens (tertiary/aromatic N) is 1. The van der Waals surface area contributed by atoms with Crippen molar-refractivity contribution in [1.29, 1.82) is 0 Å². The van der Waals surface area contributed by atoms with Gasteiger partial charge in [-0.1, -0.05) is 19.1 Å². The molecule has 1 saturated heterocycles. The van der Waals surface area contributed by atoms with Gasteiger partial charge in [-0.15, -0.1) is 0 Å². The Morgan fingerprint density at radius 3 is 2.68 bits per heavy atom. The van der Waals surface area contributed by atoms with Gasteiger partial charge in [0, 0.05) is 13.1 Å². The van der Waals surface area contributed by atoms with Gasteiger partial charge in [0.1, 0.15) is 5.75 Å². The Hall–Kier alpha value is -1.76. The number of alkyl halides is 3. The fourth-order valence-electron chi connectivity index (χ4n) is 2.46. The highest BCUT2D eigenvalue weighted by Gasteiger charge is 2.36. The summed E-state index contributed by atoms with van der Waals surface area (Å²) in [6.07, 6.45) is -3.72. The lowest BCUT2D eigenvalue weighted by Gasteiger charge is -2.22. The molecule has 1 aromatic carbocycles. The number of amides is 1. The molecular weight excluding hydrogens is 297 g/mol. The zero-order chi connectivity index (χ0) is 16.4. The van der Waals surface area contributed by atoms with Crippen LogP contribution in [0.1, 0.15) is 18.9 Å². The highest BCUT2D eigenvalue weighted by Crippen LogP contribution is 2.36. The number of hydrogen-bond donors (Lipinski definition) is 1. The number of ether oxygens (including phenoxy) is 1. The molecule has 1 aliphatic rings. The SMILES string of the molecule is CC1(CN)CCN(C(=O)COc2ccccc2C(F)(F)F)C1. The van der Waals surface area contributed by atoms with Crippen molar-refractivity contribution in [2.45, 2.75) is 19.5 Å². The Morgan fingerprint density at radius 1 is 1.41 bits per heavy atom. The van der Waals surface area contributed by atoms with Crippen LogP contribution in [0, 0.1) is 5.41 Å². The summed E-state index contributed by atoms with van der Waals surface area (Å²) in [7, 11) is 0. The van der Waals surface area contributed by atoms with E-state index in [9.17, 15) is 18.0 Å². The van der Waals surface area contributed by atoms with E-state index in [4.69, 9.17) is 10.5 Å². The standard InChI is InChI=1S/C15H19F3N2O2/c1-14(9-19)6-7-20(10-14)13(21)8-22-12-5-3-2-4-11(12)15(16,17)18/h2-5H,6-10,19H2,1H3. The minimum absolute atomic E-state index is 0.125. The second kappa shape index (κ2) is 6.16. The first kappa shape index (κ1) is 16.6. The lowest BCUT2D eigenvalue weighted by atomic mass is 9.90. The Bertz CT molecular complexity index is 548. The number of carbonyl (C=O) groups excluding carboxylic acids is 1. The van der Waals surface area contributed by atoms with E-state index in [1.807, 2.05) is 6.92 Å². The number of benzene rings is 1. The fraction of sp³-hybridized carbons (Fsp3) is 0.533. The normalized spacial score (nSPS) is 22.0. The molecule has 0 radical (unpaired) electrons. The average molecular weight is 316 g/mol. The van der Waals surface area contributed by atoms with Crippen LogP contribution >= 0.6 is 0 Å². The molecule has 22 heavy (non-hydrogen) atoms. The molecule has 2 rings (SSSR count). The number of nitrogens with two attached hydrogens (primary N) is 1. The summed E-state index contributed by atoms with van der Waals surface area (Å²) in [5.41, 5.74) is 4.66. The molecule has 1 fully saturated rings. The zero-order valence-corrected chi connectivity index (χ0v) is 12.3. The molecule has 0 saturated carbocycles. The molecule has 1 atom stereocenters. The highest BCUT2D eigenvalue weighted by molar-refractivity contribution is 5.78. The Labute approximate surface area is 127 Å².